The van der Waals surface area contributed by atoms with Gasteiger partial charge in [-0.1, -0.05) is 36.4 Å². The summed E-state index contributed by atoms with van der Waals surface area (Å²) in [4.78, 5) is 12.0. The summed E-state index contributed by atoms with van der Waals surface area (Å²) in [7, 11) is -3.84. The zero-order valence-corrected chi connectivity index (χ0v) is 23.2. The van der Waals surface area contributed by atoms with E-state index in [1.165, 1.54) is 6.21 Å². The molecule has 1 aromatic heterocycles. The van der Waals surface area contributed by atoms with Crippen LogP contribution in [0.3, 0.4) is 0 Å². The van der Waals surface area contributed by atoms with Crippen molar-refractivity contribution in [1.82, 2.24) is 4.72 Å². The number of carbonyl (C=O) groups is 1. The molecule has 0 amide bonds. The Bertz CT molecular complexity index is 1600. The van der Waals surface area contributed by atoms with Crippen molar-refractivity contribution >= 4 is 33.4 Å². The van der Waals surface area contributed by atoms with Crippen LogP contribution in [0.2, 0.25) is 0 Å². The first kappa shape index (κ1) is 28.1. The minimum atomic E-state index is -3.84. The SMILES string of the molecule is CCOC(=O)Cc1ccccc1OCc1cc(-c2cccc(C=NS(=O)(=O)NC(C)(C)C)c2)c2occc2c1. The minimum Gasteiger partial charge on any atom is -0.489 e. The topological polar surface area (TPSA) is 107 Å². The summed E-state index contributed by atoms with van der Waals surface area (Å²) in [5, 5.41) is 0.905. The molecule has 9 heteroatoms. The number of hydrogen-bond acceptors (Lipinski definition) is 6. The molecule has 0 bridgehead atoms. The summed E-state index contributed by atoms with van der Waals surface area (Å²) in [6, 6.07) is 20.7. The molecule has 8 nitrogen and oxygen atoms in total. The fourth-order valence-electron chi connectivity index (χ4n) is 4.09. The predicted octanol–water partition coefficient (Wildman–Crippen LogP) is 5.84. The maximum Gasteiger partial charge on any atom is 0.320 e. The number of esters is 1. The third-order valence-corrected chi connectivity index (χ3v) is 6.84. The molecule has 0 saturated carbocycles. The van der Waals surface area contributed by atoms with Crippen molar-refractivity contribution in [2.45, 2.75) is 46.3 Å². The Morgan fingerprint density at radius 3 is 2.62 bits per heavy atom. The van der Waals surface area contributed by atoms with E-state index in [0.717, 1.165) is 27.6 Å². The van der Waals surface area contributed by atoms with Crippen LogP contribution in [0.4, 0.5) is 0 Å². The van der Waals surface area contributed by atoms with Crippen molar-refractivity contribution < 1.29 is 27.1 Å². The molecule has 0 aliphatic rings. The quantitative estimate of drug-likeness (QED) is 0.197. The molecular formula is C30H32N2O6S. The van der Waals surface area contributed by atoms with Gasteiger partial charge in [0.25, 0.3) is 0 Å². The van der Waals surface area contributed by atoms with Gasteiger partial charge in [0, 0.05) is 28.3 Å². The Kier molecular flexibility index (Phi) is 8.52. The summed E-state index contributed by atoms with van der Waals surface area (Å²) in [6.45, 7) is 7.64. The van der Waals surface area contributed by atoms with E-state index >= 15 is 0 Å². The van der Waals surface area contributed by atoms with E-state index in [1.807, 2.05) is 60.7 Å². The molecule has 0 saturated heterocycles. The van der Waals surface area contributed by atoms with Crippen LogP contribution >= 0.6 is 0 Å². The number of hydrogen-bond donors (Lipinski definition) is 1. The van der Waals surface area contributed by atoms with Gasteiger partial charge in [0.15, 0.2) is 0 Å². The van der Waals surface area contributed by atoms with E-state index in [1.54, 1.807) is 40.0 Å². The summed E-state index contributed by atoms with van der Waals surface area (Å²) >= 11 is 0. The summed E-state index contributed by atoms with van der Waals surface area (Å²) < 4.78 is 47.9. The van der Waals surface area contributed by atoms with Gasteiger partial charge in [-0.25, -0.2) is 0 Å². The van der Waals surface area contributed by atoms with E-state index in [2.05, 4.69) is 9.12 Å². The molecule has 0 aliphatic carbocycles. The molecule has 1 heterocycles. The van der Waals surface area contributed by atoms with Crippen LogP contribution in [0.5, 0.6) is 5.75 Å². The van der Waals surface area contributed by atoms with E-state index in [4.69, 9.17) is 13.9 Å². The number of para-hydroxylation sites is 1. The first-order valence-electron chi connectivity index (χ1n) is 12.6. The molecule has 0 radical (unpaired) electrons. The monoisotopic (exact) mass is 548 g/mol. The highest BCUT2D eigenvalue weighted by atomic mass is 32.2. The lowest BCUT2D eigenvalue weighted by Crippen LogP contribution is -2.39. The second-order valence-electron chi connectivity index (χ2n) is 10.0. The van der Waals surface area contributed by atoms with Gasteiger partial charge in [-0.05, 0) is 74.7 Å². The van der Waals surface area contributed by atoms with Crippen molar-refractivity contribution in [2.75, 3.05) is 6.61 Å². The molecule has 4 aromatic rings. The normalized spacial score (nSPS) is 12.2. The van der Waals surface area contributed by atoms with Gasteiger partial charge in [-0.3, -0.25) is 4.79 Å². The fourth-order valence-corrected chi connectivity index (χ4v) is 5.18. The van der Waals surface area contributed by atoms with Crippen LogP contribution in [0.25, 0.3) is 22.1 Å². The molecular weight excluding hydrogens is 516 g/mol. The number of rotatable bonds is 10. The molecule has 39 heavy (non-hydrogen) atoms. The molecule has 0 atom stereocenters. The minimum absolute atomic E-state index is 0.130. The maximum absolute atomic E-state index is 12.3. The lowest BCUT2D eigenvalue weighted by atomic mass is 9.99. The molecule has 204 valence electrons. The first-order valence-corrected chi connectivity index (χ1v) is 14.0. The van der Waals surface area contributed by atoms with Crippen molar-refractivity contribution in [2.24, 2.45) is 4.40 Å². The van der Waals surface area contributed by atoms with Crippen LogP contribution in [-0.2, 0) is 32.8 Å². The highest BCUT2D eigenvalue weighted by Gasteiger charge is 2.18. The van der Waals surface area contributed by atoms with Crippen LogP contribution in [0.1, 0.15) is 44.4 Å². The number of furan rings is 1. The lowest BCUT2D eigenvalue weighted by molar-refractivity contribution is -0.142. The Balaban J connectivity index is 1.60. The Hall–Kier alpha value is -3.95. The van der Waals surface area contributed by atoms with Crippen LogP contribution in [0, 0.1) is 0 Å². The molecule has 0 unspecified atom stereocenters. The third kappa shape index (κ3) is 7.78. The molecule has 4 rings (SSSR count). The molecule has 0 spiro atoms. The number of ether oxygens (including phenoxy) is 2. The van der Waals surface area contributed by atoms with Crippen molar-refractivity contribution in [3.05, 3.63) is 89.7 Å². The van der Waals surface area contributed by atoms with Crippen LogP contribution in [0.15, 0.2) is 81.8 Å². The van der Waals surface area contributed by atoms with Gasteiger partial charge in [-0.2, -0.15) is 17.5 Å². The largest absolute Gasteiger partial charge is 0.489 e. The number of nitrogens with one attached hydrogen (secondary N) is 1. The highest BCUT2D eigenvalue weighted by Crippen LogP contribution is 2.32. The Morgan fingerprint density at radius 2 is 1.85 bits per heavy atom. The van der Waals surface area contributed by atoms with Crippen LogP contribution in [-0.4, -0.2) is 32.7 Å². The number of nitrogens with zero attached hydrogens (tertiary/aromatic N) is 1. The number of fused-ring (bicyclic) bond motifs is 1. The average Bonchev–Trinajstić information content (AvgIpc) is 3.34. The first-order chi connectivity index (χ1) is 18.5. The third-order valence-electron chi connectivity index (χ3n) is 5.59. The average molecular weight is 549 g/mol. The zero-order valence-electron chi connectivity index (χ0n) is 22.4. The number of benzene rings is 3. The summed E-state index contributed by atoms with van der Waals surface area (Å²) in [5.74, 6) is 0.309. The van der Waals surface area contributed by atoms with Gasteiger partial charge in [0.1, 0.15) is 17.9 Å². The smallest absolute Gasteiger partial charge is 0.320 e. The molecule has 1 N–H and O–H groups in total. The molecule has 0 fully saturated rings. The standard InChI is InChI=1S/C30H32N2O6S/c1-5-36-28(33)18-24-10-6-7-12-27(24)38-20-22-16-25-13-14-37-29(25)26(17-22)23-11-8-9-21(15-23)19-31-39(34,35)32-30(2,3)4/h6-17,19,32H,5,18,20H2,1-4H3. The maximum atomic E-state index is 12.3. The summed E-state index contributed by atoms with van der Waals surface area (Å²) in [6.07, 6.45) is 3.08. The Morgan fingerprint density at radius 1 is 1.05 bits per heavy atom. The van der Waals surface area contributed by atoms with E-state index in [9.17, 15) is 13.2 Å². The van der Waals surface area contributed by atoms with E-state index in [-0.39, 0.29) is 19.0 Å². The van der Waals surface area contributed by atoms with Gasteiger partial charge in [-0.15, -0.1) is 0 Å². The second-order valence-corrected chi connectivity index (χ2v) is 11.4. The predicted molar refractivity (Wildman–Crippen MR) is 152 cm³/mol. The van der Waals surface area contributed by atoms with Crippen molar-refractivity contribution in [3.63, 3.8) is 0 Å². The van der Waals surface area contributed by atoms with Crippen molar-refractivity contribution in [1.29, 1.82) is 0 Å². The zero-order chi connectivity index (χ0) is 28.0. The fraction of sp³-hybridized carbons (Fsp3) is 0.267. The molecule has 3 aromatic carbocycles. The lowest BCUT2D eigenvalue weighted by Gasteiger charge is -2.17. The Labute approximate surface area is 228 Å². The second kappa shape index (κ2) is 11.8. The van der Waals surface area contributed by atoms with Gasteiger partial charge >= 0.3 is 16.2 Å². The van der Waals surface area contributed by atoms with Gasteiger partial charge < -0.3 is 13.9 Å². The van der Waals surface area contributed by atoms with E-state index < -0.39 is 15.7 Å². The highest BCUT2D eigenvalue weighted by molar-refractivity contribution is 7.88. The number of carbonyl (C=O) groups excluding carboxylic acids is 1. The van der Waals surface area contributed by atoms with E-state index in [0.29, 0.717) is 23.5 Å². The van der Waals surface area contributed by atoms with Crippen LogP contribution < -0.4 is 9.46 Å². The van der Waals surface area contributed by atoms with Gasteiger partial charge in [0.05, 0.1) is 19.3 Å². The summed E-state index contributed by atoms with van der Waals surface area (Å²) in [5.41, 5.74) is 4.03. The van der Waals surface area contributed by atoms with Gasteiger partial charge in [0.2, 0.25) is 0 Å². The van der Waals surface area contributed by atoms with Crippen molar-refractivity contribution in [3.8, 4) is 16.9 Å². The molecule has 0 aliphatic heterocycles.